The Morgan fingerprint density at radius 1 is 0.619 bits per heavy atom. The number of rotatable bonds is 2. The van der Waals surface area contributed by atoms with Gasteiger partial charge in [-0.15, -0.1) is 12.6 Å². The largest absolute Gasteiger partial charge is 0.143 e. The molecule has 3 aromatic rings. The molecule has 0 nitrogen and oxygen atoms in total. The van der Waals surface area contributed by atoms with Gasteiger partial charge >= 0.3 is 0 Å². The fourth-order valence-electron chi connectivity index (χ4n) is 1.68. The van der Waals surface area contributed by atoms with E-state index >= 15 is 0 Å². The molecule has 21 heavy (non-hydrogen) atoms. The molecule has 0 heterocycles. The Labute approximate surface area is 136 Å². The lowest BCUT2D eigenvalue weighted by molar-refractivity contribution is 1.31. The monoisotopic (exact) mass is 310 g/mol. The van der Waals surface area contributed by atoms with Crippen LogP contribution in [0.5, 0.6) is 0 Å². The summed E-state index contributed by atoms with van der Waals surface area (Å²) in [5.74, 6) is 0. The topological polar surface area (TPSA) is 0 Å². The molecule has 0 amide bonds. The highest BCUT2D eigenvalue weighted by Crippen LogP contribution is 2.26. The van der Waals surface area contributed by atoms with Gasteiger partial charge in [-0.25, -0.2) is 0 Å². The first-order valence-electron chi connectivity index (χ1n) is 6.78. The van der Waals surface area contributed by atoms with Crippen LogP contribution < -0.4 is 0 Å². The molecule has 0 saturated heterocycles. The van der Waals surface area contributed by atoms with Crippen LogP contribution in [0.2, 0.25) is 0 Å². The lowest BCUT2D eigenvalue weighted by Gasteiger charge is -1.99. The minimum absolute atomic E-state index is 1.06. The van der Waals surface area contributed by atoms with Crippen molar-refractivity contribution < 1.29 is 0 Å². The van der Waals surface area contributed by atoms with E-state index < -0.39 is 0 Å². The van der Waals surface area contributed by atoms with Crippen molar-refractivity contribution in [3.8, 4) is 0 Å². The molecule has 0 spiro atoms. The van der Waals surface area contributed by atoms with E-state index in [1.165, 1.54) is 15.4 Å². The zero-order chi connectivity index (χ0) is 14.9. The molecule has 3 aromatic carbocycles. The van der Waals surface area contributed by atoms with Gasteiger partial charge in [-0.3, -0.25) is 0 Å². The highest BCUT2D eigenvalue weighted by atomic mass is 32.2. The Morgan fingerprint density at radius 3 is 1.43 bits per heavy atom. The zero-order valence-electron chi connectivity index (χ0n) is 11.9. The first-order chi connectivity index (χ1) is 10.3. The van der Waals surface area contributed by atoms with E-state index in [0.717, 1.165) is 4.90 Å². The van der Waals surface area contributed by atoms with Crippen molar-refractivity contribution in [1.29, 1.82) is 0 Å². The van der Waals surface area contributed by atoms with E-state index in [-0.39, 0.29) is 0 Å². The van der Waals surface area contributed by atoms with Gasteiger partial charge in [0.1, 0.15) is 0 Å². The summed E-state index contributed by atoms with van der Waals surface area (Å²) >= 11 is 5.99. The van der Waals surface area contributed by atoms with Crippen molar-refractivity contribution in [2.24, 2.45) is 0 Å². The Morgan fingerprint density at radius 2 is 1.05 bits per heavy atom. The van der Waals surface area contributed by atoms with E-state index in [0.29, 0.717) is 0 Å². The Bertz CT molecular complexity index is 590. The standard InChI is InChI=1S/C12H10S.C7H8S/c1-3-7-11(8-4-1)13-12-9-5-2-6-10-12;1-6-4-2-3-5-7(6)8/h1-10H;2-5,8H,1H3. The first kappa shape index (κ1) is 15.7. The molecule has 0 unspecified atom stereocenters. The summed E-state index contributed by atoms with van der Waals surface area (Å²) in [5, 5.41) is 0. The molecular weight excluding hydrogens is 292 g/mol. The molecule has 0 N–H and O–H groups in total. The van der Waals surface area contributed by atoms with Crippen molar-refractivity contribution in [2.45, 2.75) is 21.6 Å². The van der Waals surface area contributed by atoms with E-state index in [9.17, 15) is 0 Å². The summed E-state index contributed by atoms with van der Waals surface area (Å²) in [6, 6.07) is 28.8. The normalized spacial score (nSPS) is 9.62. The second kappa shape index (κ2) is 8.60. The molecule has 0 aliphatic rings. The van der Waals surface area contributed by atoms with Crippen molar-refractivity contribution in [3.05, 3.63) is 90.5 Å². The van der Waals surface area contributed by atoms with E-state index in [4.69, 9.17) is 0 Å². The summed E-state index contributed by atoms with van der Waals surface area (Å²) in [7, 11) is 0. The summed E-state index contributed by atoms with van der Waals surface area (Å²) in [5.41, 5.74) is 1.23. The molecule has 0 atom stereocenters. The van der Waals surface area contributed by atoms with Gasteiger partial charge in [-0.1, -0.05) is 66.4 Å². The Balaban J connectivity index is 0.000000173. The van der Waals surface area contributed by atoms with Crippen LogP contribution in [-0.4, -0.2) is 0 Å². The van der Waals surface area contributed by atoms with Gasteiger partial charge in [-0.2, -0.15) is 0 Å². The molecule has 2 heteroatoms. The molecule has 0 aliphatic heterocycles. The van der Waals surface area contributed by atoms with Crippen LogP contribution in [0.15, 0.2) is 99.6 Å². The Hall–Kier alpha value is -1.64. The van der Waals surface area contributed by atoms with Gasteiger partial charge < -0.3 is 0 Å². The molecule has 0 aliphatic carbocycles. The second-order valence-corrected chi connectivity index (χ2v) is 6.14. The average Bonchev–Trinajstić information content (AvgIpc) is 2.53. The third-order valence-corrected chi connectivity index (χ3v) is 4.36. The molecule has 0 aromatic heterocycles. The average molecular weight is 310 g/mol. The number of aryl methyl sites for hydroxylation is 1. The molecule has 0 fully saturated rings. The highest BCUT2D eigenvalue weighted by molar-refractivity contribution is 7.99. The fourth-order valence-corrected chi connectivity index (χ4v) is 2.70. The van der Waals surface area contributed by atoms with Crippen molar-refractivity contribution in [3.63, 3.8) is 0 Å². The number of thiol groups is 1. The Kier molecular flexibility index (Phi) is 6.45. The van der Waals surface area contributed by atoms with Crippen molar-refractivity contribution >= 4 is 24.4 Å². The maximum atomic E-state index is 4.20. The van der Waals surface area contributed by atoms with Crippen LogP contribution in [0, 0.1) is 6.92 Å². The fraction of sp³-hybridized carbons (Fsp3) is 0.0526. The van der Waals surface area contributed by atoms with Gasteiger partial charge in [-0.05, 0) is 42.8 Å². The quantitative estimate of drug-likeness (QED) is 0.556. The predicted molar refractivity (Wildman–Crippen MR) is 95.4 cm³/mol. The lowest BCUT2D eigenvalue weighted by atomic mass is 10.2. The van der Waals surface area contributed by atoms with Crippen LogP contribution >= 0.6 is 24.4 Å². The van der Waals surface area contributed by atoms with E-state index in [2.05, 4.69) is 61.2 Å². The van der Waals surface area contributed by atoms with Gasteiger partial charge in [0, 0.05) is 14.7 Å². The number of hydrogen-bond acceptors (Lipinski definition) is 2. The SMILES string of the molecule is Cc1ccccc1S.c1ccc(Sc2ccccc2)cc1. The lowest BCUT2D eigenvalue weighted by Crippen LogP contribution is -1.70. The van der Waals surface area contributed by atoms with Crippen molar-refractivity contribution in [2.75, 3.05) is 0 Å². The molecule has 106 valence electrons. The molecule has 0 saturated carbocycles. The zero-order valence-corrected chi connectivity index (χ0v) is 13.6. The second-order valence-electron chi connectivity index (χ2n) is 4.51. The van der Waals surface area contributed by atoms with E-state index in [1.807, 2.05) is 43.3 Å². The van der Waals surface area contributed by atoms with Gasteiger partial charge in [0.15, 0.2) is 0 Å². The molecule has 3 rings (SSSR count). The van der Waals surface area contributed by atoms with Gasteiger partial charge in [0.25, 0.3) is 0 Å². The molecular formula is C19H18S2. The minimum Gasteiger partial charge on any atom is -0.143 e. The van der Waals surface area contributed by atoms with Crippen LogP contribution in [0.4, 0.5) is 0 Å². The maximum Gasteiger partial charge on any atom is 0.0122 e. The number of hydrogen-bond donors (Lipinski definition) is 1. The van der Waals surface area contributed by atoms with E-state index in [1.54, 1.807) is 11.8 Å². The number of benzene rings is 3. The summed E-state index contributed by atoms with van der Waals surface area (Å²) in [6.07, 6.45) is 0. The van der Waals surface area contributed by atoms with Gasteiger partial charge in [0.2, 0.25) is 0 Å². The third-order valence-electron chi connectivity index (χ3n) is 2.84. The summed E-state index contributed by atoms with van der Waals surface area (Å²) in [6.45, 7) is 2.04. The summed E-state index contributed by atoms with van der Waals surface area (Å²) in [4.78, 5) is 3.63. The van der Waals surface area contributed by atoms with Gasteiger partial charge in [0.05, 0.1) is 0 Å². The van der Waals surface area contributed by atoms with Crippen molar-refractivity contribution in [1.82, 2.24) is 0 Å². The summed E-state index contributed by atoms with van der Waals surface area (Å²) < 4.78 is 0. The first-order valence-corrected chi connectivity index (χ1v) is 8.04. The molecule has 0 radical (unpaired) electrons. The smallest absolute Gasteiger partial charge is 0.0122 e. The minimum atomic E-state index is 1.06. The van der Waals surface area contributed by atoms with Crippen LogP contribution in [0.1, 0.15) is 5.56 Å². The third kappa shape index (κ3) is 5.70. The highest BCUT2D eigenvalue weighted by Gasteiger charge is 1.93. The van der Waals surface area contributed by atoms with Crippen LogP contribution in [0.3, 0.4) is 0 Å². The van der Waals surface area contributed by atoms with Crippen LogP contribution in [0.25, 0.3) is 0 Å². The van der Waals surface area contributed by atoms with Crippen LogP contribution in [-0.2, 0) is 0 Å². The maximum absolute atomic E-state index is 4.20. The predicted octanol–water partition coefficient (Wildman–Crippen LogP) is 6.12. The molecule has 0 bridgehead atoms.